The van der Waals surface area contributed by atoms with Crippen LogP contribution in [-0.2, 0) is 14.3 Å². The highest BCUT2D eigenvalue weighted by atomic mass is 32.1. The van der Waals surface area contributed by atoms with Crippen LogP contribution in [0.15, 0.2) is 0 Å². The van der Waals surface area contributed by atoms with Gasteiger partial charge in [0.2, 0.25) is 11.0 Å². The van der Waals surface area contributed by atoms with Gasteiger partial charge in [-0.25, -0.2) is 0 Å². The van der Waals surface area contributed by atoms with Gasteiger partial charge in [-0.15, -0.1) is 10.2 Å². The van der Waals surface area contributed by atoms with Gasteiger partial charge < -0.3 is 9.47 Å². The summed E-state index contributed by atoms with van der Waals surface area (Å²) >= 11 is 1.46. The summed E-state index contributed by atoms with van der Waals surface area (Å²) in [5.74, 6) is 0.282. The molecule has 2 rings (SSSR count). The zero-order valence-corrected chi connectivity index (χ0v) is 11.4. The molecular formula is C11H17N3O3S. The molecule has 1 atom stereocenters. The van der Waals surface area contributed by atoms with Gasteiger partial charge in [0.25, 0.3) is 0 Å². The van der Waals surface area contributed by atoms with Crippen molar-refractivity contribution >= 4 is 22.4 Å². The van der Waals surface area contributed by atoms with Crippen molar-refractivity contribution in [1.82, 2.24) is 10.2 Å². The molecule has 18 heavy (non-hydrogen) atoms. The van der Waals surface area contributed by atoms with Crippen LogP contribution in [0.4, 0.5) is 5.13 Å². The minimum absolute atomic E-state index is 0.0441. The maximum absolute atomic E-state index is 11.6. The number of rotatable bonds is 5. The number of methoxy groups -OCH3 is 1. The molecule has 1 fully saturated rings. The lowest BCUT2D eigenvalue weighted by molar-refractivity contribution is -0.116. The molecule has 7 heteroatoms. The van der Waals surface area contributed by atoms with E-state index in [1.165, 1.54) is 18.3 Å². The zero-order chi connectivity index (χ0) is 13.0. The van der Waals surface area contributed by atoms with E-state index in [0.29, 0.717) is 30.8 Å². The Balaban J connectivity index is 2.08. The summed E-state index contributed by atoms with van der Waals surface area (Å²) in [6.07, 6.45) is 0.979. The van der Waals surface area contributed by atoms with Crippen LogP contribution in [0.5, 0.6) is 0 Å². The van der Waals surface area contributed by atoms with Crippen molar-refractivity contribution in [3.05, 3.63) is 5.01 Å². The van der Waals surface area contributed by atoms with Crippen molar-refractivity contribution in [2.75, 3.05) is 38.4 Å². The third-order valence-corrected chi connectivity index (χ3v) is 3.95. The lowest BCUT2D eigenvalue weighted by Crippen LogP contribution is -2.31. The zero-order valence-electron chi connectivity index (χ0n) is 10.6. The molecule has 1 aromatic rings. The maximum atomic E-state index is 11.6. The summed E-state index contributed by atoms with van der Waals surface area (Å²) in [7, 11) is 1.61. The Morgan fingerprint density at radius 3 is 3.06 bits per heavy atom. The molecule has 1 aliphatic rings. The fraction of sp³-hybridized carbons (Fsp3) is 0.727. The summed E-state index contributed by atoms with van der Waals surface area (Å²) in [5, 5.41) is 9.85. The van der Waals surface area contributed by atoms with E-state index >= 15 is 0 Å². The van der Waals surface area contributed by atoms with Crippen molar-refractivity contribution in [2.24, 2.45) is 0 Å². The van der Waals surface area contributed by atoms with Crippen LogP contribution in [-0.4, -0.2) is 49.6 Å². The number of nitrogens with zero attached hydrogens (tertiary/aromatic N) is 3. The normalized spacial score (nSPS) is 19.1. The third kappa shape index (κ3) is 3.04. The second kappa shape index (κ2) is 6.21. The topological polar surface area (TPSA) is 64.5 Å². The first-order chi connectivity index (χ1) is 8.72. The van der Waals surface area contributed by atoms with Crippen LogP contribution < -0.4 is 4.90 Å². The van der Waals surface area contributed by atoms with Crippen molar-refractivity contribution in [3.8, 4) is 0 Å². The monoisotopic (exact) mass is 271 g/mol. The summed E-state index contributed by atoms with van der Waals surface area (Å²) in [5.41, 5.74) is 0. The van der Waals surface area contributed by atoms with E-state index in [0.717, 1.165) is 18.0 Å². The lowest BCUT2D eigenvalue weighted by atomic mass is 10.1. The second-order valence-corrected chi connectivity index (χ2v) is 5.13. The molecule has 0 bridgehead atoms. The minimum atomic E-state index is -0.0441. The molecule has 0 spiro atoms. The molecule has 0 radical (unpaired) electrons. The molecule has 1 saturated heterocycles. The van der Waals surface area contributed by atoms with Crippen LogP contribution in [0.2, 0.25) is 0 Å². The Bertz CT molecular complexity index is 404. The van der Waals surface area contributed by atoms with E-state index in [2.05, 4.69) is 10.2 Å². The highest BCUT2D eigenvalue weighted by Crippen LogP contribution is 2.31. The third-order valence-electron chi connectivity index (χ3n) is 2.84. The fourth-order valence-electron chi connectivity index (χ4n) is 1.80. The Morgan fingerprint density at radius 2 is 2.44 bits per heavy atom. The van der Waals surface area contributed by atoms with Gasteiger partial charge in [0, 0.05) is 26.6 Å². The number of hydrogen-bond acceptors (Lipinski definition) is 6. The summed E-state index contributed by atoms with van der Waals surface area (Å²) in [4.78, 5) is 13.2. The first kappa shape index (κ1) is 13.4. The van der Waals surface area contributed by atoms with Gasteiger partial charge >= 0.3 is 0 Å². The Labute approximate surface area is 110 Å². The molecule has 6 nitrogen and oxygen atoms in total. The van der Waals surface area contributed by atoms with Crippen LogP contribution in [0, 0.1) is 0 Å². The predicted molar refractivity (Wildman–Crippen MR) is 68.0 cm³/mol. The average Bonchev–Trinajstić information content (AvgIpc) is 2.99. The molecule has 0 saturated carbocycles. The van der Waals surface area contributed by atoms with E-state index < -0.39 is 0 Å². The molecule has 0 aliphatic carbocycles. The molecule has 1 amide bonds. The largest absolute Gasteiger partial charge is 0.383 e. The average molecular weight is 271 g/mol. The number of ether oxygens (including phenoxy) is 2. The van der Waals surface area contributed by atoms with E-state index in [1.807, 2.05) is 0 Å². The first-order valence-electron chi connectivity index (χ1n) is 5.90. The molecule has 1 aliphatic heterocycles. The molecule has 0 aromatic carbocycles. The van der Waals surface area contributed by atoms with Gasteiger partial charge in [-0.2, -0.15) is 0 Å². The van der Waals surface area contributed by atoms with Crippen molar-refractivity contribution < 1.29 is 14.3 Å². The molecule has 100 valence electrons. The molecule has 2 heterocycles. The van der Waals surface area contributed by atoms with Crippen molar-refractivity contribution in [3.63, 3.8) is 0 Å². The van der Waals surface area contributed by atoms with Crippen LogP contribution >= 0.6 is 11.3 Å². The van der Waals surface area contributed by atoms with Gasteiger partial charge in [-0.05, 0) is 6.42 Å². The highest BCUT2D eigenvalue weighted by molar-refractivity contribution is 7.15. The number of carbonyl (C=O) groups is 1. The van der Waals surface area contributed by atoms with Gasteiger partial charge in [0.15, 0.2) is 0 Å². The number of amides is 1. The summed E-state index contributed by atoms with van der Waals surface area (Å²) in [6.45, 7) is 3.99. The first-order valence-corrected chi connectivity index (χ1v) is 6.72. The van der Waals surface area contributed by atoms with Gasteiger partial charge in [0.05, 0.1) is 19.8 Å². The molecule has 0 N–H and O–H groups in total. The molecular weight excluding hydrogens is 254 g/mol. The van der Waals surface area contributed by atoms with Crippen LogP contribution in [0.1, 0.15) is 24.3 Å². The van der Waals surface area contributed by atoms with Crippen LogP contribution in [0.3, 0.4) is 0 Å². The number of hydrogen-bond donors (Lipinski definition) is 0. The quantitative estimate of drug-likeness (QED) is 0.800. The second-order valence-electron chi connectivity index (χ2n) is 4.15. The fourth-order valence-corrected chi connectivity index (χ4v) is 2.83. The van der Waals surface area contributed by atoms with Crippen molar-refractivity contribution in [2.45, 2.75) is 19.3 Å². The van der Waals surface area contributed by atoms with Gasteiger partial charge in [-0.1, -0.05) is 11.3 Å². The standard InChI is InChI=1S/C11H17N3O3S/c1-8(15)14(4-6-16-2)11-13-12-10(18-11)9-3-5-17-7-9/h9H,3-7H2,1-2H3. The van der Waals surface area contributed by atoms with E-state index in [1.54, 1.807) is 12.0 Å². The predicted octanol–water partition coefficient (Wildman–Crippen LogP) is 1.04. The smallest absolute Gasteiger partial charge is 0.225 e. The Hall–Kier alpha value is -1.05. The number of anilines is 1. The van der Waals surface area contributed by atoms with Gasteiger partial charge in [0.1, 0.15) is 5.01 Å². The van der Waals surface area contributed by atoms with E-state index in [9.17, 15) is 4.79 Å². The maximum Gasteiger partial charge on any atom is 0.225 e. The Morgan fingerprint density at radius 1 is 1.61 bits per heavy atom. The van der Waals surface area contributed by atoms with Gasteiger partial charge in [-0.3, -0.25) is 9.69 Å². The van der Waals surface area contributed by atoms with Crippen LogP contribution in [0.25, 0.3) is 0 Å². The van der Waals surface area contributed by atoms with Crippen molar-refractivity contribution in [1.29, 1.82) is 0 Å². The summed E-state index contributed by atoms with van der Waals surface area (Å²) < 4.78 is 10.3. The Kier molecular flexibility index (Phi) is 4.62. The van der Waals surface area contributed by atoms with E-state index in [-0.39, 0.29) is 5.91 Å². The SMILES string of the molecule is COCCN(C(C)=O)c1nnc(C2CCOC2)s1. The highest BCUT2D eigenvalue weighted by Gasteiger charge is 2.24. The lowest BCUT2D eigenvalue weighted by Gasteiger charge is -2.16. The summed E-state index contributed by atoms with van der Waals surface area (Å²) in [6, 6.07) is 0. The molecule has 1 unspecified atom stereocenters. The number of aromatic nitrogens is 2. The molecule has 1 aromatic heterocycles. The minimum Gasteiger partial charge on any atom is -0.383 e. The number of carbonyl (C=O) groups excluding carboxylic acids is 1. The van der Waals surface area contributed by atoms with E-state index in [4.69, 9.17) is 9.47 Å².